The van der Waals surface area contributed by atoms with Gasteiger partial charge in [0, 0.05) is 5.56 Å². The highest BCUT2D eigenvalue weighted by Crippen LogP contribution is 2.22. The molecule has 15 heavy (non-hydrogen) atoms. The maximum atomic E-state index is 3.92. The van der Waals surface area contributed by atoms with E-state index < -0.39 is 0 Å². The summed E-state index contributed by atoms with van der Waals surface area (Å²) >= 11 is 0. The van der Waals surface area contributed by atoms with Crippen LogP contribution in [0.5, 0.6) is 0 Å². The van der Waals surface area contributed by atoms with Gasteiger partial charge in [0.25, 0.3) is 0 Å². The summed E-state index contributed by atoms with van der Waals surface area (Å²) in [5.74, 6) is 0. The molecule has 4 heteroatoms. The van der Waals surface area contributed by atoms with Gasteiger partial charge < -0.3 is 0 Å². The van der Waals surface area contributed by atoms with Gasteiger partial charge in [-0.3, -0.25) is 0 Å². The molecule has 0 spiro atoms. The first-order valence-electron chi connectivity index (χ1n) is 4.56. The minimum absolute atomic E-state index is 0.708. The lowest BCUT2D eigenvalue weighted by atomic mass is 10.0. The van der Waals surface area contributed by atoms with Crippen molar-refractivity contribution in [3.63, 3.8) is 0 Å². The topological polar surface area (TPSA) is 51.6 Å². The van der Waals surface area contributed by atoms with Crippen LogP contribution in [0, 0.1) is 6.92 Å². The van der Waals surface area contributed by atoms with Gasteiger partial charge in [0.15, 0.2) is 0 Å². The fourth-order valence-corrected chi connectivity index (χ4v) is 1.41. The quantitative estimate of drug-likeness (QED) is 0.739. The molecule has 2 aromatic rings. The lowest BCUT2D eigenvalue weighted by Gasteiger charge is -2.04. The Balaban J connectivity index is 2.58. The average Bonchev–Trinajstić information content (AvgIpc) is 2.30. The van der Waals surface area contributed by atoms with Crippen molar-refractivity contribution in [3.8, 4) is 11.3 Å². The molecule has 2 rings (SSSR count). The third-order valence-corrected chi connectivity index (χ3v) is 2.13. The number of benzene rings is 1. The van der Waals surface area contributed by atoms with E-state index in [-0.39, 0.29) is 0 Å². The van der Waals surface area contributed by atoms with Crippen molar-refractivity contribution in [2.75, 3.05) is 0 Å². The summed E-state index contributed by atoms with van der Waals surface area (Å²) in [6.45, 7) is 5.81. The van der Waals surface area contributed by atoms with Gasteiger partial charge in [0.05, 0.1) is 6.20 Å². The Morgan fingerprint density at radius 2 is 2.13 bits per heavy atom. The van der Waals surface area contributed by atoms with Crippen LogP contribution in [0.15, 0.2) is 31.0 Å². The predicted molar refractivity (Wildman–Crippen MR) is 57.9 cm³/mol. The molecule has 4 nitrogen and oxygen atoms in total. The molecule has 0 aliphatic carbocycles. The SMILES string of the molecule is C=Cc1cc(C)ccc1-c1cnnnn1. The monoisotopic (exact) mass is 198 g/mol. The van der Waals surface area contributed by atoms with Crippen LogP contribution in [0.4, 0.5) is 0 Å². The van der Waals surface area contributed by atoms with Crippen LogP contribution in [0.1, 0.15) is 11.1 Å². The van der Waals surface area contributed by atoms with Crippen molar-refractivity contribution in [3.05, 3.63) is 42.1 Å². The van der Waals surface area contributed by atoms with Gasteiger partial charge >= 0.3 is 0 Å². The van der Waals surface area contributed by atoms with E-state index in [1.165, 1.54) is 5.56 Å². The van der Waals surface area contributed by atoms with Gasteiger partial charge in [-0.05, 0) is 22.9 Å². The molecule has 0 aliphatic heterocycles. The van der Waals surface area contributed by atoms with Crippen molar-refractivity contribution in [2.45, 2.75) is 6.92 Å². The molecule has 0 saturated carbocycles. The molecular formula is C11H10N4. The Labute approximate surface area is 87.7 Å². The second-order valence-corrected chi connectivity index (χ2v) is 3.20. The summed E-state index contributed by atoms with van der Waals surface area (Å²) in [6, 6.07) is 6.05. The molecule has 0 aliphatic rings. The number of hydrogen-bond donors (Lipinski definition) is 0. The molecule has 0 unspecified atom stereocenters. The van der Waals surface area contributed by atoms with E-state index in [4.69, 9.17) is 0 Å². The van der Waals surface area contributed by atoms with Crippen LogP contribution < -0.4 is 0 Å². The molecule has 0 bridgehead atoms. The zero-order valence-corrected chi connectivity index (χ0v) is 8.38. The van der Waals surface area contributed by atoms with Gasteiger partial charge in [-0.25, -0.2) is 0 Å². The van der Waals surface area contributed by atoms with Crippen LogP contribution >= 0.6 is 0 Å². The normalized spacial score (nSPS) is 9.93. The van der Waals surface area contributed by atoms with Gasteiger partial charge in [0.2, 0.25) is 0 Å². The fourth-order valence-electron chi connectivity index (χ4n) is 1.41. The zero-order chi connectivity index (χ0) is 10.7. The minimum Gasteiger partial charge on any atom is -0.135 e. The molecule has 0 atom stereocenters. The van der Waals surface area contributed by atoms with E-state index in [0.29, 0.717) is 5.69 Å². The zero-order valence-electron chi connectivity index (χ0n) is 8.38. The largest absolute Gasteiger partial charge is 0.135 e. The third kappa shape index (κ3) is 1.88. The molecule has 0 fully saturated rings. The number of nitrogens with zero attached hydrogens (tertiary/aromatic N) is 4. The molecule has 1 aromatic heterocycles. The number of rotatable bonds is 2. The first-order chi connectivity index (χ1) is 7.31. The Morgan fingerprint density at radius 1 is 1.27 bits per heavy atom. The Kier molecular flexibility index (Phi) is 2.49. The van der Waals surface area contributed by atoms with Crippen LogP contribution in [-0.4, -0.2) is 20.6 Å². The molecular weight excluding hydrogens is 188 g/mol. The number of aryl methyl sites for hydroxylation is 1. The lowest BCUT2D eigenvalue weighted by Crippen LogP contribution is -1.94. The van der Waals surface area contributed by atoms with Gasteiger partial charge in [-0.1, -0.05) is 36.4 Å². The van der Waals surface area contributed by atoms with Gasteiger partial charge in [0.1, 0.15) is 5.69 Å². The van der Waals surface area contributed by atoms with Crippen LogP contribution in [0.2, 0.25) is 0 Å². The molecule has 0 radical (unpaired) electrons. The first-order valence-corrected chi connectivity index (χ1v) is 4.56. The Hall–Kier alpha value is -2.10. The van der Waals surface area contributed by atoms with Crippen LogP contribution in [0.3, 0.4) is 0 Å². The van der Waals surface area contributed by atoms with Crippen LogP contribution in [-0.2, 0) is 0 Å². The molecule has 0 amide bonds. The first kappa shape index (κ1) is 9.45. The average molecular weight is 198 g/mol. The summed E-state index contributed by atoms with van der Waals surface area (Å²) in [7, 11) is 0. The summed E-state index contributed by atoms with van der Waals surface area (Å²) in [6.07, 6.45) is 3.38. The fraction of sp³-hybridized carbons (Fsp3) is 0.0909. The maximum Gasteiger partial charge on any atom is 0.116 e. The van der Waals surface area contributed by atoms with E-state index in [9.17, 15) is 0 Å². The molecule has 0 N–H and O–H groups in total. The minimum atomic E-state index is 0.708. The van der Waals surface area contributed by atoms with E-state index in [0.717, 1.165) is 11.1 Å². The molecule has 1 aromatic carbocycles. The van der Waals surface area contributed by atoms with Gasteiger partial charge in [-0.2, -0.15) is 0 Å². The summed E-state index contributed by atoms with van der Waals surface area (Å²) in [5, 5.41) is 14.5. The maximum absolute atomic E-state index is 3.92. The standard InChI is InChI=1S/C11H10N4/c1-3-9-6-8(2)4-5-10(9)11-7-12-14-15-13-11/h3-7H,1H2,2H3. The van der Waals surface area contributed by atoms with E-state index in [1.807, 2.05) is 25.1 Å². The molecule has 1 heterocycles. The van der Waals surface area contributed by atoms with E-state index in [2.05, 4.69) is 27.2 Å². The van der Waals surface area contributed by atoms with Crippen LogP contribution in [0.25, 0.3) is 17.3 Å². The second kappa shape index (κ2) is 3.96. The lowest BCUT2D eigenvalue weighted by molar-refractivity contribution is 0.766. The van der Waals surface area contributed by atoms with Crippen molar-refractivity contribution in [2.24, 2.45) is 0 Å². The van der Waals surface area contributed by atoms with E-state index >= 15 is 0 Å². The highest BCUT2D eigenvalue weighted by Gasteiger charge is 2.04. The third-order valence-electron chi connectivity index (χ3n) is 2.13. The predicted octanol–water partition coefficient (Wildman–Crippen LogP) is 1.89. The van der Waals surface area contributed by atoms with Crippen molar-refractivity contribution >= 4 is 6.08 Å². The van der Waals surface area contributed by atoms with Crippen molar-refractivity contribution in [1.29, 1.82) is 0 Å². The summed E-state index contributed by atoms with van der Waals surface area (Å²) < 4.78 is 0. The summed E-state index contributed by atoms with van der Waals surface area (Å²) in [5.41, 5.74) is 3.89. The van der Waals surface area contributed by atoms with E-state index in [1.54, 1.807) is 12.3 Å². The molecule has 74 valence electrons. The highest BCUT2D eigenvalue weighted by molar-refractivity contribution is 5.72. The van der Waals surface area contributed by atoms with Crippen molar-refractivity contribution in [1.82, 2.24) is 20.6 Å². The smallest absolute Gasteiger partial charge is 0.116 e. The summed E-state index contributed by atoms with van der Waals surface area (Å²) in [4.78, 5) is 0. The number of hydrogen-bond acceptors (Lipinski definition) is 4. The van der Waals surface area contributed by atoms with Crippen molar-refractivity contribution < 1.29 is 0 Å². The Bertz CT molecular complexity index is 479. The molecule has 0 saturated heterocycles. The highest BCUT2D eigenvalue weighted by atomic mass is 15.4. The number of aromatic nitrogens is 4. The van der Waals surface area contributed by atoms with Gasteiger partial charge in [-0.15, -0.1) is 10.2 Å². The second-order valence-electron chi connectivity index (χ2n) is 3.20. The Morgan fingerprint density at radius 3 is 2.80 bits per heavy atom.